The third-order valence-electron chi connectivity index (χ3n) is 4.13. The molecule has 1 fully saturated rings. The second kappa shape index (κ2) is 5.85. The smallest absolute Gasteiger partial charge is 0.392 e. The molecule has 1 N–H and O–H groups in total. The highest BCUT2D eigenvalue weighted by Gasteiger charge is 2.38. The topological polar surface area (TPSA) is 26.7 Å². The Morgan fingerprint density at radius 1 is 1.29 bits per heavy atom. The standard InChI is InChI=1S/C15H21F3N2O/c1-10-7-20(8-14(10)19(2)3)13-5-4-11(9-21)6-12(13)15(16,17)18/h4-6,10,14,21H,7-9H2,1-3H3. The van der Waals surface area contributed by atoms with Gasteiger partial charge in [0.1, 0.15) is 0 Å². The lowest BCUT2D eigenvalue weighted by atomic mass is 10.1. The van der Waals surface area contributed by atoms with E-state index in [1.165, 1.54) is 6.07 Å². The van der Waals surface area contributed by atoms with Gasteiger partial charge in [-0.05, 0) is 37.7 Å². The van der Waals surface area contributed by atoms with Gasteiger partial charge in [0.25, 0.3) is 0 Å². The van der Waals surface area contributed by atoms with Crippen LogP contribution >= 0.6 is 0 Å². The third-order valence-corrected chi connectivity index (χ3v) is 4.13. The van der Waals surface area contributed by atoms with Crippen molar-refractivity contribution in [3.8, 4) is 0 Å². The second-order valence-corrected chi connectivity index (χ2v) is 5.92. The number of aliphatic hydroxyl groups excluding tert-OH is 1. The molecule has 1 aliphatic rings. The van der Waals surface area contributed by atoms with E-state index in [0.29, 0.717) is 19.0 Å². The molecule has 1 aromatic carbocycles. The summed E-state index contributed by atoms with van der Waals surface area (Å²) in [6, 6.07) is 4.31. The maximum Gasteiger partial charge on any atom is 0.418 e. The molecule has 3 nitrogen and oxygen atoms in total. The van der Waals surface area contributed by atoms with Gasteiger partial charge >= 0.3 is 6.18 Å². The Kier molecular flexibility index (Phi) is 4.49. The predicted molar refractivity (Wildman–Crippen MR) is 76.2 cm³/mol. The lowest BCUT2D eigenvalue weighted by Gasteiger charge is -2.25. The van der Waals surface area contributed by atoms with Gasteiger partial charge in [0.05, 0.1) is 12.2 Å². The van der Waals surface area contributed by atoms with E-state index >= 15 is 0 Å². The predicted octanol–water partition coefficient (Wildman–Crippen LogP) is 2.58. The number of nitrogens with zero attached hydrogens (tertiary/aromatic N) is 2. The van der Waals surface area contributed by atoms with Crippen molar-refractivity contribution < 1.29 is 18.3 Å². The summed E-state index contributed by atoms with van der Waals surface area (Å²) < 4.78 is 39.8. The van der Waals surface area contributed by atoms with Crippen LogP contribution in [0.1, 0.15) is 18.1 Å². The Morgan fingerprint density at radius 3 is 2.43 bits per heavy atom. The molecule has 0 bridgehead atoms. The molecule has 118 valence electrons. The summed E-state index contributed by atoms with van der Waals surface area (Å²) in [7, 11) is 3.90. The van der Waals surface area contributed by atoms with Crippen LogP contribution in [-0.2, 0) is 12.8 Å². The number of anilines is 1. The number of alkyl halides is 3. The minimum atomic E-state index is -4.42. The quantitative estimate of drug-likeness (QED) is 0.929. The molecule has 0 aromatic heterocycles. The van der Waals surface area contributed by atoms with E-state index in [4.69, 9.17) is 5.11 Å². The Hall–Kier alpha value is -1.27. The molecule has 1 heterocycles. The number of hydrogen-bond donors (Lipinski definition) is 1. The van der Waals surface area contributed by atoms with Gasteiger partial charge in [-0.25, -0.2) is 0 Å². The Morgan fingerprint density at radius 2 is 1.95 bits per heavy atom. The van der Waals surface area contributed by atoms with Crippen molar-refractivity contribution in [2.75, 3.05) is 32.1 Å². The number of hydrogen-bond acceptors (Lipinski definition) is 3. The fourth-order valence-electron chi connectivity index (χ4n) is 3.00. The summed E-state index contributed by atoms with van der Waals surface area (Å²) in [6.45, 7) is 2.85. The van der Waals surface area contributed by atoms with Gasteiger partial charge < -0.3 is 14.9 Å². The summed E-state index contributed by atoms with van der Waals surface area (Å²) in [5.74, 6) is 0.304. The highest BCUT2D eigenvalue weighted by atomic mass is 19.4. The Labute approximate surface area is 123 Å². The minimum Gasteiger partial charge on any atom is -0.392 e. The molecule has 0 spiro atoms. The maximum atomic E-state index is 13.3. The molecule has 1 aliphatic heterocycles. The highest BCUT2D eigenvalue weighted by Crippen LogP contribution is 2.39. The van der Waals surface area contributed by atoms with Crippen LogP contribution in [0.25, 0.3) is 0 Å². The van der Waals surface area contributed by atoms with Gasteiger partial charge in [-0.3, -0.25) is 0 Å². The van der Waals surface area contributed by atoms with Crippen LogP contribution in [-0.4, -0.2) is 43.2 Å². The van der Waals surface area contributed by atoms with Crippen molar-refractivity contribution in [2.24, 2.45) is 5.92 Å². The average molecular weight is 302 g/mol. The Bertz CT molecular complexity index is 502. The van der Waals surface area contributed by atoms with Gasteiger partial charge in [0, 0.05) is 24.8 Å². The molecule has 0 saturated carbocycles. The van der Waals surface area contributed by atoms with E-state index in [1.54, 1.807) is 11.0 Å². The molecule has 6 heteroatoms. The second-order valence-electron chi connectivity index (χ2n) is 5.92. The van der Waals surface area contributed by atoms with Crippen molar-refractivity contribution in [3.05, 3.63) is 29.3 Å². The molecule has 1 aromatic rings. The first-order chi connectivity index (χ1) is 9.74. The summed E-state index contributed by atoms with van der Waals surface area (Å²) >= 11 is 0. The molecular weight excluding hydrogens is 281 g/mol. The highest BCUT2D eigenvalue weighted by molar-refractivity contribution is 5.57. The van der Waals surface area contributed by atoms with Crippen LogP contribution in [0, 0.1) is 5.92 Å². The van der Waals surface area contributed by atoms with Crippen molar-refractivity contribution in [2.45, 2.75) is 25.7 Å². The molecule has 0 amide bonds. The SMILES string of the molecule is CC1CN(c2ccc(CO)cc2C(F)(F)F)CC1N(C)C. The van der Waals surface area contributed by atoms with Crippen molar-refractivity contribution in [3.63, 3.8) is 0 Å². The summed E-state index contributed by atoms with van der Waals surface area (Å²) in [5.41, 5.74) is -0.181. The van der Waals surface area contributed by atoms with Gasteiger partial charge in [0.2, 0.25) is 0 Å². The molecule has 2 atom stereocenters. The van der Waals surface area contributed by atoms with Gasteiger partial charge in [0.15, 0.2) is 0 Å². The zero-order valence-corrected chi connectivity index (χ0v) is 12.5. The van der Waals surface area contributed by atoms with E-state index in [2.05, 4.69) is 11.8 Å². The van der Waals surface area contributed by atoms with Crippen LogP contribution in [0.2, 0.25) is 0 Å². The number of rotatable bonds is 3. The molecular formula is C15H21F3N2O. The lowest BCUT2D eigenvalue weighted by Crippen LogP contribution is -2.34. The number of aliphatic hydroxyl groups is 1. The van der Waals surface area contributed by atoms with Gasteiger partial charge in [-0.1, -0.05) is 13.0 Å². The van der Waals surface area contributed by atoms with Crippen LogP contribution < -0.4 is 4.90 Å². The van der Waals surface area contributed by atoms with Gasteiger partial charge in [-0.2, -0.15) is 13.2 Å². The molecule has 2 unspecified atom stereocenters. The number of likely N-dealkylation sites (N-methyl/N-ethyl adjacent to an activating group) is 1. The summed E-state index contributed by atoms with van der Waals surface area (Å²) in [4.78, 5) is 3.85. The van der Waals surface area contributed by atoms with E-state index in [-0.39, 0.29) is 23.9 Å². The summed E-state index contributed by atoms with van der Waals surface area (Å²) in [5, 5.41) is 9.05. The molecule has 0 aliphatic carbocycles. The third kappa shape index (κ3) is 3.32. The fourth-order valence-corrected chi connectivity index (χ4v) is 3.00. The van der Waals surface area contributed by atoms with Crippen LogP contribution in [0.5, 0.6) is 0 Å². The van der Waals surface area contributed by atoms with Crippen molar-refractivity contribution >= 4 is 5.69 Å². The van der Waals surface area contributed by atoms with Crippen LogP contribution in [0.3, 0.4) is 0 Å². The first kappa shape index (κ1) is 16.1. The van der Waals surface area contributed by atoms with Crippen LogP contribution in [0.4, 0.5) is 18.9 Å². The summed E-state index contributed by atoms with van der Waals surface area (Å²) in [6.07, 6.45) is -4.42. The van der Waals surface area contributed by atoms with E-state index in [0.717, 1.165) is 6.07 Å². The van der Waals surface area contributed by atoms with Gasteiger partial charge in [-0.15, -0.1) is 0 Å². The zero-order valence-electron chi connectivity index (χ0n) is 12.5. The van der Waals surface area contributed by atoms with Crippen LogP contribution in [0.15, 0.2) is 18.2 Å². The monoisotopic (exact) mass is 302 g/mol. The van der Waals surface area contributed by atoms with E-state index in [1.807, 2.05) is 14.1 Å². The zero-order chi connectivity index (χ0) is 15.8. The Balaban J connectivity index is 2.36. The van der Waals surface area contributed by atoms with E-state index < -0.39 is 11.7 Å². The minimum absolute atomic E-state index is 0.205. The fraction of sp³-hybridized carbons (Fsp3) is 0.600. The first-order valence-electron chi connectivity index (χ1n) is 6.96. The average Bonchev–Trinajstić information content (AvgIpc) is 2.79. The normalized spacial score (nSPS) is 23.1. The lowest BCUT2D eigenvalue weighted by molar-refractivity contribution is -0.137. The van der Waals surface area contributed by atoms with Crippen molar-refractivity contribution in [1.82, 2.24) is 4.90 Å². The molecule has 0 radical (unpaired) electrons. The van der Waals surface area contributed by atoms with Crippen molar-refractivity contribution in [1.29, 1.82) is 0 Å². The van der Waals surface area contributed by atoms with E-state index in [9.17, 15) is 13.2 Å². The number of halogens is 3. The molecule has 1 saturated heterocycles. The molecule has 21 heavy (non-hydrogen) atoms. The largest absolute Gasteiger partial charge is 0.418 e. The number of benzene rings is 1. The maximum absolute atomic E-state index is 13.3. The first-order valence-corrected chi connectivity index (χ1v) is 6.96. The molecule has 2 rings (SSSR count).